The fourth-order valence-corrected chi connectivity index (χ4v) is 3.66. The van der Waals surface area contributed by atoms with Crippen LogP contribution in [0.4, 0.5) is 4.79 Å². The average molecular weight is 398 g/mol. The highest BCUT2D eigenvalue weighted by Gasteiger charge is 2.34. The van der Waals surface area contributed by atoms with Gasteiger partial charge in [-0.15, -0.1) is 0 Å². The summed E-state index contributed by atoms with van der Waals surface area (Å²) in [6.07, 6.45) is 0.666. The molecule has 2 aromatic rings. The molecular formula is C22H26N2O5. The molecule has 0 bridgehead atoms. The van der Waals surface area contributed by atoms with Crippen molar-refractivity contribution in [2.75, 3.05) is 27.9 Å². The van der Waals surface area contributed by atoms with Crippen molar-refractivity contribution in [3.8, 4) is 11.5 Å². The van der Waals surface area contributed by atoms with Gasteiger partial charge in [0.15, 0.2) is 11.5 Å². The van der Waals surface area contributed by atoms with Gasteiger partial charge in [-0.25, -0.2) is 9.59 Å². The van der Waals surface area contributed by atoms with E-state index in [-0.39, 0.29) is 12.1 Å². The second-order valence-electron chi connectivity index (χ2n) is 6.86. The van der Waals surface area contributed by atoms with E-state index in [1.54, 1.807) is 26.0 Å². The molecule has 3 rings (SSSR count). The summed E-state index contributed by atoms with van der Waals surface area (Å²) in [5.41, 5.74) is 3.05. The highest BCUT2D eigenvalue weighted by atomic mass is 16.5. The number of urea groups is 1. The van der Waals surface area contributed by atoms with Gasteiger partial charge in [0, 0.05) is 6.54 Å². The van der Waals surface area contributed by atoms with E-state index in [1.807, 2.05) is 42.5 Å². The Labute approximate surface area is 170 Å². The van der Waals surface area contributed by atoms with Gasteiger partial charge in [0.1, 0.15) is 6.04 Å². The standard InChI is InChI=1S/C22H26N2O5/c1-14(21(25)29-4)23-22(26)24-11-10-16-12-18(27-2)19(28-3)13-17(16)20(24)15-8-6-5-7-9-15/h5-9,12-14,20H,10-11H2,1-4H3,(H,23,26). The van der Waals surface area contributed by atoms with E-state index in [2.05, 4.69) is 5.32 Å². The van der Waals surface area contributed by atoms with E-state index in [9.17, 15) is 9.59 Å². The minimum absolute atomic E-state index is 0.315. The number of nitrogens with one attached hydrogen (secondary N) is 1. The Morgan fingerprint density at radius 3 is 2.34 bits per heavy atom. The molecule has 1 aliphatic rings. The van der Waals surface area contributed by atoms with Crippen LogP contribution in [0.5, 0.6) is 11.5 Å². The first-order valence-corrected chi connectivity index (χ1v) is 9.44. The summed E-state index contributed by atoms with van der Waals surface area (Å²) in [7, 11) is 4.50. The number of esters is 1. The highest BCUT2D eigenvalue weighted by molar-refractivity contribution is 5.84. The highest BCUT2D eigenvalue weighted by Crippen LogP contribution is 2.40. The van der Waals surface area contributed by atoms with Gasteiger partial charge in [0.25, 0.3) is 0 Å². The lowest BCUT2D eigenvalue weighted by molar-refractivity contribution is -0.142. The van der Waals surface area contributed by atoms with Crippen LogP contribution >= 0.6 is 0 Å². The van der Waals surface area contributed by atoms with Crippen LogP contribution in [0.25, 0.3) is 0 Å². The zero-order valence-electron chi connectivity index (χ0n) is 17.1. The van der Waals surface area contributed by atoms with Crippen molar-refractivity contribution in [3.05, 3.63) is 59.2 Å². The third-order valence-corrected chi connectivity index (χ3v) is 5.14. The van der Waals surface area contributed by atoms with Crippen LogP contribution in [0.2, 0.25) is 0 Å². The molecular weight excluding hydrogens is 372 g/mol. The van der Waals surface area contributed by atoms with Crippen LogP contribution in [-0.4, -0.2) is 50.8 Å². The normalized spacial score (nSPS) is 16.4. The molecule has 0 saturated heterocycles. The van der Waals surface area contributed by atoms with Gasteiger partial charge in [0.05, 0.1) is 27.4 Å². The number of fused-ring (bicyclic) bond motifs is 1. The van der Waals surface area contributed by atoms with Crippen LogP contribution in [0, 0.1) is 0 Å². The van der Waals surface area contributed by atoms with Crippen LogP contribution < -0.4 is 14.8 Å². The Kier molecular flexibility index (Phi) is 6.26. The molecule has 2 atom stereocenters. The van der Waals surface area contributed by atoms with E-state index >= 15 is 0 Å². The van der Waals surface area contributed by atoms with Crippen molar-refractivity contribution < 1.29 is 23.8 Å². The van der Waals surface area contributed by atoms with Crippen LogP contribution in [0.15, 0.2) is 42.5 Å². The van der Waals surface area contributed by atoms with E-state index in [1.165, 1.54) is 7.11 Å². The minimum atomic E-state index is -0.740. The molecule has 0 aliphatic carbocycles. The Morgan fingerprint density at radius 1 is 1.07 bits per heavy atom. The molecule has 0 spiro atoms. The monoisotopic (exact) mass is 398 g/mol. The van der Waals surface area contributed by atoms with E-state index < -0.39 is 12.0 Å². The summed E-state index contributed by atoms with van der Waals surface area (Å²) in [6.45, 7) is 2.11. The summed E-state index contributed by atoms with van der Waals surface area (Å²) in [5.74, 6) is 0.783. The van der Waals surface area contributed by atoms with Crippen molar-refractivity contribution in [2.24, 2.45) is 0 Å². The van der Waals surface area contributed by atoms with Gasteiger partial charge in [-0.1, -0.05) is 30.3 Å². The predicted octanol–water partition coefficient (Wildman–Crippen LogP) is 2.92. The third-order valence-electron chi connectivity index (χ3n) is 5.14. The number of hydrogen-bond acceptors (Lipinski definition) is 5. The molecule has 0 fully saturated rings. The molecule has 1 heterocycles. The molecule has 2 aromatic carbocycles. The molecule has 0 radical (unpaired) electrons. The van der Waals surface area contributed by atoms with Gasteiger partial charge in [-0.05, 0) is 42.2 Å². The number of carbonyl (C=O) groups is 2. The number of nitrogens with zero attached hydrogens (tertiary/aromatic N) is 1. The number of carbonyl (C=O) groups excluding carboxylic acids is 2. The van der Waals surface area contributed by atoms with Crippen LogP contribution in [0.1, 0.15) is 29.7 Å². The van der Waals surface area contributed by atoms with E-state index in [4.69, 9.17) is 14.2 Å². The number of amides is 2. The lowest BCUT2D eigenvalue weighted by atomic mass is 9.88. The zero-order chi connectivity index (χ0) is 21.0. The number of methoxy groups -OCH3 is 3. The number of hydrogen-bond donors (Lipinski definition) is 1. The van der Waals surface area contributed by atoms with Crippen LogP contribution in [0.3, 0.4) is 0 Å². The maximum absolute atomic E-state index is 13.1. The molecule has 7 nitrogen and oxygen atoms in total. The predicted molar refractivity (Wildman–Crippen MR) is 108 cm³/mol. The van der Waals surface area contributed by atoms with Gasteiger partial charge in [0.2, 0.25) is 0 Å². The molecule has 7 heteroatoms. The maximum atomic E-state index is 13.1. The third kappa shape index (κ3) is 4.13. The summed E-state index contributed by atoms with van der Waals surface area (Å²) >= 11 is 0. The summed E-state index contributed by atoms with van der Waals surface area (Å²) < 4.78 is 15.6. The average Bonchev–Trinajstić information content (AvgIpc) is 2.76. The largest absolute Gasteiger partial charge is 0.493 e. The molecule has 2 unspecified atom stereocenters. The summed E-state index contributed by atoms with van der Waals surface area (Å²) in [4.78, 5) is 26.5. The Hall–Kier alpha value is -3.22. The lowest BCUT2D eigenvalue weighted by Crippen LogP contribution is -2.50. The second-order valence-corrected chi connectivity index (χ2v) is 6.86. The Balaban J connectivity index is 2.03. The molecule has 154 valence electrons. The molecule has 1 aliphatic heterocycles. The number of rotatable bonds is 5. The fourth-order valence-electron chi connectivity index (χ4n) is 3.66. The minimum Gasteiger partial charge on any atom is -0.493 e. The molecule has 0 aromatic heterocycles. The molecule has 0 saturated carbocycles. The SMILES string of the molecule is COC(=O)C(C)NC(=O)N1CCc2cc(OC)c(OC)cc2C1c1ccccc1. The van der Waals surface area contributed by atoms with Crippen molar-refractivity contribution in [2.45, 2.75) is 25.4 Å². The first-order chi connectivity index (χ1) is 14.0. The van der Waals surface area contributed by atoms with Gasteiger partial charge >= 0.3 is 12.0 Å². The fraction of sp³-hybridized carbons (Fsp3) is 0.364. The smallest absolute Gasteiger partial charge is 0.328 e. The van der Waals surface area contributed by atoms with Crippen molar-refractivity contribution in [1.82, 2.24) is 10.2 Å². The van der Waals surface area contributed by atoms with Crippen LogP contribution in [-0.2, 0) is 16.0 Å². The van der Waals surface area contributed by atoms with Crippen molar-refractivity contribution in [1.29, 1.82) is 0 Å². The van der Waals surface area contributed by atoms with Crippen molar-refractivity contribution in [3.63, 3.8) is 0 Å². The van der Waals surface area contributed by atoms with Gasteiger partial charge < -0.3 is 24.4 Å². The summed E-state index contributed by atoms with van der Waals surface area (Å²) in [6, 6.07) is 12.3. The lowest BCUT2D eigenvalue weighted by Gasteiger charge is -2.38. The second kappa shape index (κ2) is 8.86. The molecule has 29 heavy (non-hydrogen) atoms. The maximum Gasteiger partial charge on any atom is 0.328 e. The van der Waals surface area contributed by atoms with Gasteiger partial charge in [-0.3, -0.25) is 0 Å². The topological polar surface area (TPSA) is 77.1 Å². The van der Waals surface area contributed by atoms with Crippen molar-refractivity contribution >= 4 is 12.0 Å². The first kappa shape index (κ1) is 20.5. The number of benzene rings is 2. The number of ether oxygens (including phenoxy) is 3. The quantitative estimate of drug-likeness (QED) is 0.784. The van der Waals surface area contributed by atoms with Gasteiger partial charge in [-0.2, -0.15) is 0 Å². The first-order valence-electron chi connectivity index (χ1n) is 9.44. The zero-order valence-corrected chi connectivity index (χ0v) is 17.1. The Bertz CT molecular complexity index is 884. The Morgan fingerprint density at radius 2 is 1.72 bits per heavy atom. The summed E-state index contributed by atoms with van der Waals surface area (Å²) in [5, 5.41) is 2.74. The molecule has 1 N–H and O–H groups in total. The van der Waals surface area contributed by atoms with E-state index in [0.717, 1.165) is 16.7 Å². The van der Waals surface area contributed by atoms with E-state index in [0.29, 0.717) is 24.5 Å². The molecule has 2 amide bonds.